The molecule has 0 spiro atoms. The predicted octanol–water partition coefficient (Wildman–Crippen LogP) is 3.96. The summed E-state index contributed by atoms with van der Waals surface area (Å²) in [6, 6.07) is 13.5. The van der Waals surface area contributed by atoms with Crippen molar-refractivity contribution >= 4 is 50.2 Å². The Kier molecular flexibility index (Phi) is 12.0. The van der Waals surface area contributed by atoms with Crippen LogP contribution in [0.4, 0.5) is 20.2 Å². The maximum Gasteiger partial charge on any atom is 0.301 e. The number of anilines is 2. The third kappa shape index (κ3) is 8.85. The zero-order valence-corrected chi connectivity index (χ0v) is 39.4. The number of hydrogen-bond acceptors (Lipinski definition) is 14. The number of imide groups is 1. The van der Waals surface area contributed by atoms with Crippen LogP contribution in [-0.2, 0) is 31.9 Å². The molecule has 5 aromatic rings. The Bertz CT molecular complexity index is 3190. The van der Waals surface area contributed by atoms with E-state index in [4.69, 9.17) is 14.7 Å². The summed E-state index contributed by atoms with van der Waals surface area (Å²) in [6.07, 6.45) is 7.86. The summed E-state index contributed by atoms with van der Waals surface area (Å²) in [5.41, 5.74) is 1.91. The first kappa shape index (κ1) is 46.5. The highest BCUT2D eigenvalue weighted by molar-refractivity contribution is 7.90. The first-order valence-electron chi connectivity index (χ1n) is 23.9. The van der Waals surface area contributed by atoms with Gasteiger partial charge in [0, 0.05) is 83.1 Å². The van der Waals surface area contributed by atoms with Gasteiger partial charge >= 0.3 is 10.2 Å². The molecule has 3 aromatic carbocycles. The summed E-state index contributed by atoms with van der Waals surface area (Å²) < 4.78 is 65.2. The Morgan fingerprint density at radius 3 is 2.37 bits per heavy atom. The topological polar surface area (TPSA) is 219 Å². The lowest BCUT2D eigenvalue weighted by Gasteiger charge is -2.41. The van der Waals surface area contributed by atoms with E-state index in [2.05, 4.69) is 35.8 Å². The SMILES string of the molecule is N#Cc1c(NS(=O)(=O)N2CC[C@@H](F)C2)ccc(F)c1Oc1ccc2ncn(-c3cnc(C4(N5CCN(CC6CCN(c7ccc8c(c7)CN(C7CCC(=O)NC7=O)C8=O)CC6)CC5)CC4)nc3)c(=O)c2c1. The highest BCUT2D eigenvalue weighted by atomic mass is 32.2. The fourth-order valence-corrected chi connectivity index (χ4v) is 12.1. The molecule has 22 heteroatoms. The molecule has 1 unspecified atom stereocenters. The highest BCUT2D eigenvalue weighted by Gasteiger charge is 2.52. The molecular weight excluding hydrogens is 939 g/mol. The molecule has 5 fully saturated rings. The van der Waals surface area contributed by atoms with Crippen molar-refractivity contribution < 1.29 is 36.3 Å². The standard InChI is InChI=1S/C49H50F2N12O7S/c50-32-11-16-61(28-32)71(68,69)57-41-6-4-39(51)44(38(41)23-52)70-35-2-5-40-37(22-35)47(67)63(29-55-40)34-24-53-48(54-25-34)49(12-13-49)60-19-17-58(18-20-60)26-30-9-14-59(15-10-30)33-1-3-36-31(21-33)27-62(46(36)66)42-7-8-43(64)56-45(42)65/h1-6,21-22,24-25,29-30,32,42,57H,7-20,26-28H2,(H,56,64,65)/t32-,42?/m1/s1. The summed E-state index contributed by atoms with van der Waals surface area (Å²) in [5.74, 6) is -1.12. The molecule has 2 N–H and O–H groups in total. The van der Waals surface area contributed by atoms with E-state index < -0.39 is 51.0 Å². The number of ether oxygens (including phenoxy) is 1. The zero-order valence-electron chi connectivity index (χ0n) is 38.6. The summed E-state index contributed by atoms with van der Waals surface area (Å²) in [5, 5.41) is 12.5. The Morgan fingerprint density at radius 2 is 1.66 bits per heavy atom. The van der Waals surface area contributed by atoms with Crippen molar-refractivity contribution in [3.05, 3.63) is 106 Å². The monoisotopic (exact) mass is 988 g/mol. The zero-order chi connectivity index (χ0) is 49.2. The lowest BCUT2D eigenvalue weighted by Crippen LogP contribution is -2.52. The Balaban J connectivity index is 0.696. The van der Waals surface area contributed by atoms with Gasteiger partial charge < -0.3 is 19.4 Å². The van der Waals surface area contributed by atoms with Gasteiger partial charge in [-0.15, -0.1) is 0 Å². The van der Waals surface area contributed by atoms with E-state index in [9.17, 15) is 37.2 Å². The van der Waals surface area contributed by atoms with E-state index in [0.717, 1.165) is 99.2 Å². The fraction of sp³-hybridized carbons (Fsp3) is 0.429. The largest absolute Gasteiger partial charge is 0.453 e. The molecule has 368 valence electrons. The average Bonchev–Trinajstić information content (AvgIpc) is 3.95. The fourth-order valence-electron chi connectivity index (χ4n) is 10.8. The number of hydrogen-bond donors (Lipinski definition) is 2. The normalized spacial score (nSPS) is 22.1. The number of fused-ring (bicyclic) bond motifs is 2. The van der Waals surface area contributed by atoms with Crippen LogP contribution in [0, 0.1) is 23.1 Å². The molecule has 0 radical (unpaired) electrons. The molecular formula is C49H50F2N12O7S. The van der Waals surface area contributed by atoms with Crippen molar-refractivity contribution in [2.75, 3.05) is 68.5 Å². The molecule has 11 rings (SSSR count). The van der Waals surface area contributed by atoms with Crippen LogP contribution in [0.2, 0.25) is 0 Å². The maximum absolute atomic E-state index is 15.2. The second-order valence-electron chi connectivity index (χ2n) is 19.2. The number of nitrogens with one attached hydrogen (secondary N) is 2. The summed E-state index contributed by atoms with van der Waals surface area (Å²) in [6.45, 7) is 6.47. The van der Waals surface area contributed by atoms with Gasteiger partial charge in [-0.25, -0.2) is 23.7 Å². The van der Waals surface area contributed by atoms with Crippen LogP contribution >= 0.6 is 0 Å². The van der Waals surface area contributed by atoms with Gasteiger partial charge in [0.2, 0.25) is 11.8 Å². The molecule has 4 saturated heterocycles. The molecule has 5 aliphatic heterocycles. The van der Waals surface area contributed by atoms with Gasteiger partial charge in [0.25, 0.3) is 11.5 Å². The van der Waals surface area contributed by atoms with Crippen LogP contribution in [0.3, 0.4) is 0 Å². The smallest absolute Gasteiger partial charge is 0.301 e. The van der Waals surface area contributed by atoms with Crippen molar-refractivity contribution in [2.24, 2.45) is 5.92 Å². The molecule has 1 aliphatic carbocycles. The van der Waals surface area contributed by atoms with E-state index in [1.54, 1.807) is 23.4 Å². The third-order valence-corrected chi connectivity index (χ3v) is 16.4. The van der Waals surface area contributed by atoms with Crippen molar-refractivity contribution in [2.45, 2.75) is 69.2 Å². The minimum absolute atomic E-state index is 0.00721. The van der Waals surface area contributed by atoms with E-state index in [-0.39, 0.29) is 60.1 Å². The lowest BCUT2D eigenvalue weighted by atomic mass is 9.95. The van der Waals surface area contributed by atoms with Gasteiger partial charge in [-0.1, -0.05) is 0 Å². The number of amides is 3. The van der Waals surface area contributed by atoms with Gasteiger partial charge in [0.1, 0.15) is 41.7 Å². The molecule has 7 heterocycles. The molecule has 0 bridgehead atoms. The summed E-state index contributed by atoms with van der Waals surface area (Å²) >= 11 is 0. The number of carbonyl (C=O) groups is 3. The number of rotatable bonds is 12. The summed E-state index contributed by atoms with van der Waals surface area (Å²) in [4.78, 5) is 74.3. The number of benzene rings is 3. The van der Waals surface area contributed by atoms with Crippen molar-refractivity contribution in [3.63, 3.8) is 0 Å². The number of aromatic nitrogens is 4. The minimum atomic E-state index is -4.25. The van der Waals surface area contributed by atoms with Gasteiger partial charge in [0.05, 0.1) is 40.2 Å². The Labute approximate surface area is 407 Å². The number of nitrogens with zero attached hydrogens (tertiary/aromatic N) is 10. The van der Waals surface area contributed by atoms with E-state index >= 15 is 4.39 Å². The van der Waals surface area contributed by atoms with E-state index in [0.29, 0.717) is 41.5 Å². The first-order chi connectivity index (χ1) is 34.3. The summed E-state index contributed by atoms with van der Waals surface area (Å²) in [7, 11) is -4.25. The second-order valence-corrected chi connectivity index (χ2v) is 20.9. The van der Waals surface area contributed by atoms with Crippen LogP contribution < -0.4 is 25.2 Å². The van der Waals surface area contributed by atoms with Crippen molar-refractivity contribution in [1.82, 2.24) is 43.8 Å². The third-order valence-electron chi connectivity index (χ3n) is 14.9. The van der Waals surface area contributed by atoms with E-state index in [1.165, 1.54) is 29.1 Å². The van der Waals surface area contributed by atoms with Gasteiger partial charge in [-0.3, -0.25) is 38.7 Å². The molecule has 2 atom stereocenters. The van der Waals surface area contributed by atoms with Gasteiger partial charge in [0.15, 0.2) is 11.6 Å². The Morgan fingerprint density at radius 1 is 0.887 bits per heavy atom. The molecule has 2 aromatic heterocycles. The van der Waals surface area contributed by atoms with Crippen LogP contribution in [0.5, 0.6) is 11.5 Å². The number of alkyl halides is 1. The predicted molar refractivity (Wildman–Crippen MR) is 254 cm³/mol. The van der Waals surface area contributed by atoms with Crippen LogP contribution in [0.15, 0.2) is 72.0 Å². The molecule has 6 aliphatic rings. The van der Waals surface area contributed by atoms with E-state index in [1.807, 2.05) is 12.1 Å². The molecule has 19 nitrogen and oxygen atoms in total. The molecule has 71 heavy (non-hydrogen) atoms. The van der Waals surface area contributed by atoms with Crippen LogP contribution in [0.25, 0.3) is 16.6 Å². The van der Waals surface area contributed by atoms with Crippen molar-refractivity contribution in [3.8, 4) is 23.3 Å². The van der Waals surface area contributed by atoms with Gasteiger partial charge in [-0.05, 0) is 98.5 Å². The quantitative estimate of drug-likeness (QED) is 0.169. The van der Waals surface area contributed by atoms with Crippen LogP contribution in [-0.4, -0.2) is 136 Å². The van der Waals surface area contributed by atoms with Crippen molar-refractivity contribution in [1.29, 1.82) is 5.26 Å². The molecule has 3 amide bonds. The number of piperazine rings is 1. The molecule has 1 saturated carbocycles. The first-order valence-corrected chi connectivity index (χ1v) is 25.4. The minimum Gasteiger partial charge on any atom is -0.453 e. The van der Waals surface area contributed by atoms with Crippen LogP contribution in [0.1, 0.15) is 72.3 Å². The average molecular weight is 989 g/mol. The Hall–Kier alpha value is -6.93. The number of halogens is 2. The highest BCUT2D eigenvalue weighted by Crippen LogP contribution is 2.50. The number of carbonyl (C=O) groups excluding carboxylic acids is 3. The number of nitriles is 1. The second kappa shape index (κ2) is 18.4. The van der Waals surface area contributed by atoms with Gasteiger partial charge in [-0.2, -0.15) is 18.0 Å². The maximum atomic E-state index is 15.2. The number of piperidine rings is 2. The lowest BCUT2D eigenvalue weighted by molar-refractivity contribution is -0.136.